The van der Waals surface area contributed by atoms with Crippen molar-refractivity contribution in [3.05, 3.63) is 0 Å². The second kappa shape index (κ2) is 7.88. The van der Waals surface area contributed by atoms with Gasteiger partial charge in [0.2, 0.25) is 0 Å². The van der Waals surface area contributed by atoms with E-state index in [0.29, 0.717) is 0 Å². The van der Waals surface area contributed by atoms with Crippen molar-refractivity contribution in [1.29, 1.82) is 0 Å². The van der Waals surface area contributed by atoms with Crippen molar-refractivity contribution in [1.82, 2.24) is 4.90 Å². The third kappa shape index (κ3) is 4.19. The molecule has 166 valence electrons. The largest absolute Gasteiger partial charge is 0.460 e. The van der Waals surface area contributed by atoms with Crippen LogP contribution in [-0.4, -0.2) is 68.7 Å². The number of rotatable bonds is 6. The highest BCUT2D eigenvalue weighted by molar-refractivity contribution is 7.91. The fourth-order valence-electron chi connectivity index (χ4n) is 2.14. The van der Waals surface area contributed by atoms with Crippen molar-refractivity contribution in [2.45, 2.75) is 43.5 Å². The first-order chi connectivity index (χ1) is 12.4. The van der Waals surface area contributed by atoms with E-state index in [1.165, 1.54) is 13.8 Å². The highest BCUT2D eigenvalue weighted by Gasteiger charge is 2.85. The van der Waals surface area contributed by atoms with Gasteiger partial charge in [0.1, 0.15) is 5.84 Å². The minimum absolute atomic E-state index is 0.00813. The van der Waals surface area contributed by atoms with Gasteiger partial charge in [-0.1, -0.05) is 13.8 Å². The Morgan fingerprint density at radius 2 is 1.46 bits per heavy atom. The van der Waals surface area contributed by atoms with Crippen LogP contribution < -0.4 is 0 Å². The quantitative estimate of drug-likeness (QED) is 0.352. The van der Waals surface area contributed by atoms with E-state index in [1.807, 2.05) is 0 Å². The van der Waals surface area contributed by atoms with Crippen LogP contribution in [0.15, 0.2) is 4.40 Å². The molecule has 1 fully saturated rings. The Morgan fingerprint density at radius 1 is 1.00 bits per heavy atom. The lowest BCUT2D eigenvalue weighted by Gasteiger charge is -2.34. The number of sulfonamides is 1. The van der Waals surface area contributed by atoms with Crippen LogP contribution in [-0.2, 0) is 14.8 Å². The molecule has 1 heterocycles. The Hall–Kier alpha value is -1.25. The Kier molecular flexibility index (Phi) is 6.97. The molecule has 1 saturated heterocycles. The van der Waals surface area contributed by atoms with Crippen molar-refractivity contribution in [3.63, 3.8) is 0 Å². The van der Waals surface area contributed by atoms with Crippen LogP contribution in [0.2, 0.25) is 0 Å². The van der Waals surface area contributed by atoms with Gasteiger partial charge >= 0.3 is 33.3 Å². The first kappa shape index (κ1) is 24.8. The molecule has 1 aliphatic heterocycles. The average Bonchev–Trinajstić information content (AvgIpc) is 2.58. The number of hydrogen-bond donors (Lipinski definition) is 0. The van der Waals surface area contributed by atoms with Gasteiger partial charge in [0.25, 0.3) is 0 Å². The summed E-state index contributed by atoms with van der Waals surface area (Å²) in [7, 11) is -6.82. The van der Waals surface area contributed by atoms with Crippen LogP contribution in [0.4, 0.5) is 39.5 Å². The number of halogens is 9. The molecular weight excluding hydrogens is 435 g/mol. The molecule has 5 nitrogen and oxygen atoms in total. The summed E-state index contributed by atoms with van der Waals surface area (Å²) >= 11 is 0. The van der Waals surface area contributed by atoms with Crippen LogP contribution in [0.1, 0.15) is 20.3 Å². The van der Waals surface area contributed by atoms with E-state index in [0.717, 1.165) is 4.90 Å². The number of ether oxygens (including phenoxy) is 1. The van der Waals surface area contributed by atoms with Crippen LogP contribution in [0.25, 0.3) is 0 Å². The van der Waals surface area contributed by atoms with E-state index in [2.05, 4.69) is 4.40 Å². The molecular formula is C13H17F9N2O3S. The van der Waals surface area contributed by atoms with Crippen molar-refractivity contribution in [2.24, 2.45) is 10.3 Å². The van der Waals surface area contributed by atoms with Crippen molar-refractivity contribution >= 4 is 15.9 Å². The summed E-state index contributed by atoms with van der Waals surface area (Å²) in [4.78, 5) is 1.10. The van der Waals surface area contributed by atoms with Gasteiger partial charge in [-0.3, -0.25) is 0 Å². The van der Waals surface area contributed by atoms with Gasteiger partial charge in [-0.15, -0.1) is 4.40 Å². The minimum Gasteiger partial charge on any atom is -0.378 e. The highest BCUT2D eigenvalue weighted by Crippen LogP contribution is 2.55. The van der Waals surface area contributed by atoms with Gasteiger partial charge < -0.3 is 9.64 Å². The van der Waals surface area contributed by atoms with Gasteiger partial charge in [0.05, 0.1) is 13.2 Å². The summed E-state index contributed by atoms with van der Waals surface area (Å²) in [6.07, 6.45) is -7.03. The first-order valence-corrected chi connectivity index (χ1v) is 9.25. The molecule has 0 radical (unpaired) electrons. The standard InChI is InChI=1S/C13H17F9N2O3S/c1-3-8(2)9(24-4-6-27-7-5-24)23-28(25,26)13(21,22)11(16,17)10(14,15)12(18,19)20/h8H,3-7H2,1-2H3/b23-9+. The summed E-state index contributed by atoms with van der Waals surface area (Å²) in [6, 6.07) is 0. The van der Waals surface area contributed by atoms with E-state index in [9.17, 15) is 47.9 Å². The smallest absolute Gasteiger partial charge is 0.378 e. The van der Waals surface area contributed by atoms with Crippen LogP contribution in [0.5, 0.6) is 0 Å². The number of amidine groups is 1. The zero-order valence-electron chi connectivity index (χ0n) is 14.5. The SMILES string of the molecule is CCC(C)/C(=N\S(=O)(=O)C(F)(F)C(F)(F)C(F)(F)C(F)(F)F)N1CCOCC1. The molecule has 1 rings (SSSR count). The summed E-state index contributed by atoms with van der Waals surface area (Å²) in [5.41, 5.74) is 0. The Bertz CT molecular complexity index is 686. The molecule has 0 aromatic carbocycles. The molecule has 28 heavy (non-hydrogen) atoms. The second-order valence-corrected chi connectivity index (χ2v) is 7.64. The fourth-order valence-corrected chi connectivity index (χ4v) is 3.25. The summed E-state index contributed by atoms with van der Waals surface area (Å²) < 4.78 is 148. The number of nitrogens with zero attached hydrogens (tertiary/aromatic N) is 2. The summed E-state index contributed by atoms with van der Waals surface area (Å²) in [6.45, 7) is 2.64. The summed E-state index contributed by atoms with van der Waals surface area (Å²) in [5.74, 6) is -16.2. The number of morpholine rings is 1. The van der Waals surface area contributed by atoms with Crippen molar-refractivity contribution in [2.75, 3.05) is 26.3 Å². The topological polar surface area (TPSA) is 59.0 Å². The molecule has 0 aromatic rings. The average molecular weight is 452 g/mol. The predicted octanol–water partition coefficient (Wildman–Crippen LogP) is 3.52. The minimum atomic E-state index is -7.32. The normalized spacial score (nSPS) is 19.7. The molecule has 1 atom stereocenters. The lowest BCUT2D eigenvalue weighted by Crippen LogP contribution is -2.63. The Labute approximate surface area is 154 Å². The van der Waals surface area contributed by atoms with E-state index >= 15 is 0 Å². The molecule has 0 bridgehead atoms. The first-order valence-electron chi connectivity index (χ1n) is 7.81. The highest BCUT2D eigenvalue weighted by atomic mass is 32.2. The molecule has 0 aromatic heterocycles. The molecule has 0 amide bonds. The molecule has 0 saturated carbocycles. The third-order valence-electron chi connectivity index (χ3n) is 4.04. The Balaban J connectivity index is 3.49. The van der Waals surface area contributed by atoms with E-state index in [-0.39, 0.29) is 32.7 Å². The maximum atomic E-state index is 13.8. The lowest BCUT2D eigenvalue weighted by molar-refractivity contribution is -0.382. The van der Waals surface area contributed by atoms with Crippen LogP contribution >= 0.6 is 0 Å². The maximum absolute atomic E-state index is 13.8. The Morgan fingerprint density at radius 3 is 1.86 bits per heavy atom. The van der Waals surface area contributed by atoms with Gasteiger partial charge in [-0.25, -0.2) is 0 Å². The van der Waals surface area contributed by atoms with E-state index < -0.39 is 45.1 Å². The lowest BCUT2D eigenvalue weighted by atomic mass is 10.1. The zero-order valence-corrected chi connectivity index (χ0v) is 15.4. The molecule has 0 spiro atoms. The number of alkyl halides is 9. The third-order valence-corrected chi connectivity index (χ3v) is 5.37. The number of hydrogen-bond acceptors (Lipinski definition) is 3. The fraction of sp³-hybridized carbons (Fsp3) is 0.923. The van der Waals surface area contributed by atoms with Gasteiger partial charge in [0, 0.05) is 19.0 Å². The van der Waals surface area contributed by atoms with Crippen molar-refractivity contribution < 1.29 is 52.7 Å². The monoisotopic (exact) mass is 452 g/mol. The molecule has 0 N–H and O–H groups in total. The van der Waals surface area contributed by atoms with Gasteiger partial charge in [-0.05, 0) is 6.42 Å². The summed E-state index contributed by atoms with van der Waals surface area (Å²) in [5, 5.41) is -6.83. The van der Waals surface area contributed by atoms with Crippen LogP contribution in [0.3, 0.4) is 0 Å². The van der Waals surface area contributed by atoms with Gasteiger partial charge in [0.15, 0.2) is 0 Å². The maximum Gasteiger partial charge on any atom is 0.460 e. The zero-order chi connectivity index (χ0) is 22.2. The molecule has 15 heteroatoms. The van der Waals surface area contributed by atoms with Crippen molar-refractivity contribution in [3.8, 4) is 0 Å². The van der Waals surface area contributed by atoms with Crippen LogP contribution in [0, 0.1) is 5.92 Å². The van der Waals surface area contributed by atoms with Gasteiger partial charge in [-0.2, -0.15) is 47.9 Å². The molecule has 1 unspecified atom stereocenters. The second-order valence-electron chi connectivity index (χ2n) is 6.00. The predicted molar refractivity (Wildman–Crippen MR) is 79.1 cm³/mol. The van der Waals surface area contributed by atoms with E-state index in [1.54, 1.807) is 0 Å². The molecule has 1 aliphatic rings. The van der Waals surface area contributed by atoms with E-state index in [4.69, 9.17) is 4.74 Å². The molecule has 0 aliphatic carbocycles.